The summed E-state index contributed by atoms with van der Waals surface area (Å²) >= 11 is 0. The highest BCUT2D eigenvalue weighted by Gasteiger charge is 2.14. The van der Waals surface area contributed by atoms with E-state index in [0.717, 1.165) is 25.3 Å². The first kappa shape index (κ1) is 8.61. The third-order valence-corrected chi connectivity index (χ3v) is 2.73. The van der Waals surface area contributed by atoms with Gasteiger partial charge in [-0.05, 0) is 6.07 Å². The van der Waals surface area contributed by atoms with Crippen LogP contribution in [0.15, 0.2) is 30.5 Å². The Labute approximate surface area is 87.9 Å². The van der Waals surface area contributed by atoms with Crippen LogP contribution in [0.4, 0.5) is 5.69 Å². The predicted molar refractivity (Wildman–Crippen MR) is 59.8 cm³/mol. The van der Waals surface area contributed by atoms with E-state index in [9.17, 15) is 0 Å². The first-order valence-electron chi connectivity index (χ1n) is 5.11. The van der Waals surface area contributed by atoms with Crippen molar-refractivity contribution in [3.05, 3.63) is 30.5 Å². The SMILES string of the molecule is c1ccc2c(N3CCNC3)cnnc2c1. The van der Waals surface area contributed by atoms with Crippen molar-refractivity contribution in [1.29, 1.82) is 0 Å². The Bertz CT molecular complexity index is 471. The maximum Gasteiger partial charge on any atom is 0.0950 e. The van der Waals surface area contributed by atoms with E-state index >= 15 is 0 Å². The molecule has 1 saturated heterocycles. The molecule has 1 aromatic heterocycles. The summed E-state index contributed by atoms with van der Waals surface area (Å²) in [5, 5.41) is 12.6. The fourth-order valence-electron chi connectivity index (χ4n) is 1.96. The van der Waals surface area contributed by atoms with Crippen molar-refractivity contribution in [3.63, 3.8) is 0 Å². The molecule has 2 heterocycles. The molecule has 4 nitrogen and oxygen atoms in total. The summed E-state index contributed by atoms with van der Waals surface area (Å²) in [5.41, 5.74) is 2.13. The highest BCUT2D eigenvalue weighted by atomic mass is 15.3. The molecule has 15 heavy (non-hydrogen) atoms. The van der Waals surface area contributed by atoms with E-state index in [1.165, 1.54) is 11.1 Å². The van der Waals surface area contributed by atoms with Crippen LogP contribution in [0, 0.1) is 0 Å². The van der Waals surface area contributed by atoms with Crippen molar-refractivity contribution in [1.82, 2.24) is 15.5 Å². The van der Waals surface area contributed by atoms with Crippen molar-refractivity contribution >= 4 is 16.6 Å². The monoisotopic (exact) mass is 200 g/mol. The van der Waals surface area contributed by atoms with Crippen LogP contribution in [0.2, 0.25) is 0 Å². The van der Waals surface area contributed by atoms with E-state index in [0.29, 0.717) is 0 Å². The molecular formula is C11H12N4. The molecule has 1 fully saturated rings. The lowest BCUT2D eigenvalue weighted by Crippen LogP contribution is -2.21. The summed E-state index contributed by atoms with van der Waals surface area (Å²) in [4.78, 5) is 2.29. The van der Waals surface area contributed by atoms with Crippen LogP contribution in [0.25, 0.3) is 10.9 Å². The van der Waals surface area contributed by atoms with Gasteiger partial charge in [0.05, 0.1) is 24.1 Å². The quantitative estimate of drug-likeness (QED) is 0.745. The summed E-state index contributed by atoms with van der Waals surface area (Å²) in [7, 11) is 0. The lowest BCUT2D eigenvalue weighted by molar-refractivity contribution is 0.854. The number of anilines is 1. The molecule has 2 aromatic rings. The van der Waals surface area contributed by atoms with Gasteiger partial charge in [0.1, 0.15) is 0 Å². The summed E-state index contributed by atoms with van der Waals surface area (Å²) in [6.07, 6.45) is 1.84. The molecule has 1 aromatic carbocycles. The van der Waals surface area contributed by atoms with Crippen LogP contribution >= 0.6 is 0 Å². The number of fused-ring (bicyclic) bond motifs is 1. The van der Waals surface area contributed by atoms with Gasteiger partial charge in [-0.15, -0.1) is 0 Å². The van der Waals surface area contributed by atoms with E-state index in [1.807, 2.05) is 24.4 Å². The molecule has 0 spiro atoms. The van der Waals surface area contributed by atoms with Gasteiger partial charge in [-0.3, -0.25) is 5.32 Å². The molecule has 0 amide bonds. The average molecular weight is 200 g/mol. The minimum atomic E-state index is 0.898. The second-order valence-electron chi connectivity index (χ2n) is 3.67. The van der Waals surface area contributed by atoms with Crippen molar-refractivity contribution in [2.45, 2.75) is 0 Å². The number of benzene rings is 1. The Kier molecular flexibility index (Phi) is 1.99. The first-order chi connectivity index (χ1) is 7.45. The van der Waals surface area contributed by atoms with Gasteiger partial charge in [0.15, 0.2) is 0 Å². The third-order valence-electron chi connectivity index (χ3n) is 2.73. The Morgan fingerprint density at radius 1 is 1.27 bits per heavy atom. The summed E-state index contributed by atoms with van der Waals surface area (Å²) < 4.78 is 0. The standard InChI is InChI=1S/C11H12N4/c1-2-4-10-9(3-1)11(7-13-14-10)15-6-5-12-8-15/h1-4,7,12H,5-6,8H2. The van der Waals surface area contributed by atoms with Crippen LogP contribution in [0.1, 0.15) is 0 Å². The summed E-state index contributed by atoms with van der Waals surface area (Å²) in [6, 6.07) is 8.12. The highest BCUT2D eigenvalue weighted by Crippen LogP contribution is 2.24. The molecule has 4 heteroatoms. The van der Waals surface area contributed by atoms with Crippen LogP contribution in [-0.2, 0) is 0 Å². The van der Waals surface area contributed by atoms with Crippen molar-refractivity contribution in [2.24, 2.45) is 0 Å². The molecule has 1 N–H and O–H groups in total. The molecule has 0 radical (unpaired) electrons. The molecule has 0 bridgehead atoms. The highest BCUT2D eigenvalue weighted by molar-refractivity contribution is 5.90. The number of nitrogens with one attached hydrogen (secondary N) is 1. The van der Waals surface area contributed by atoms with Gasteiger partial charge in [-0.25, -0.2) is 0 Å². The molecule has 0 atom stereocenters. The number of nitrogens with zero attached hydrogens (tertiary/aromatic N) is 3. The lowest BCUT2D eigenvalue weighted by atomic mass is 10.2. The fraction of sp³-hybridized carbons (Fsp3) is 0.273. The Morgan fingerprint density at radius 3 is 3.07 bits per heavy atom. The van der Waals surface area contributed by atoms with Gasteiger partial charge in [-0.1, -0.05) is 18.2 Å². The van der Waals surface area contributed by atoms with Gasteiger partial charge >= 0.3 is 0 Å². The van der Waals surface area contributed by atoms with Crippen LogP contribution in [0.5, 0.6) is 0 Å². The van der Waals surface area contributed by atoms with Gasteiger partial charge in [0.2, 0.25) is 0 Å². The molecule has 1 aliphatic heterocycles. The predicted octanol–water partition coefficient (Wildman–Crippen LogP) is 0.997. The molecule has 76 valence electrons. The zero-order chi connectivity index (χ0) is 10.1. The third kappa shape index (κ3) is 1.43. The smallest absolute Gasteiger partial charge is 0.0950 e. The van der Waals surface area contributed by atoms with E-state index in [4.69, 9.17) is 0 Å². The second-order valence-corrected chi connectivity index (χ2v) is 3.67. The molecule has 0 unspecified atom stereocenters. The summed E-state index contributed by atoms with van der Waals surface area (Å²) in [5.74, 6) is 0. The molecular weight excluding hydrogens is 188 g/mol. The average Bonchev–Trinajstić information content (AvgIpc) is 2.82. The molecule has 0 saturated carbocycles. The first-order valence-corrected chi connectivity index (χ1v) is 5.11. The van der Waals surface area contributed by atoms with E-state index in [2.05, 4.69) is 26.5 Å². The van der Waals surface area contributed by atoms with Gasteiger partial charge in [0.25, 0.3) is 0 Å². The van der Waals surface area contributed by atoms with Gasteiger partial charge in [0, 0.05) is 18.5 Å². The molecule has 0 aliphatic carbocycles. The van der Waals surface area contributed by atoms with Crippen molar-refractivity contribution in [3.8, 4) is 0 Å². The fourth-order valence-corrected chi connectivity index (χ4v) is 1.96. The number of rotatable bonds is 1. The minimum Gasteiger partial charge on any atom is -0.356 e. The van der Waals surface area contributed by atoms with Crippen molar-refractivity contribution < 1.29 is 0 Å². The molecule has 3 rings (SSSR count). The maximum atomic E-state index is 4.12. The van der Waals surface area contributed by atoms with Gasteiger partial charge in [-0.2, -0.15) is 10.2 Å². The zero-order valence-corrected chi connectivity index (χ0v) is 8.35. The minimum absolute atomic E-state index is 0.898. The van der Waals surface area contributed by atoms with Crippen LogP contribution in [-0.4, -0.2) is 30.0 Å². The largest absolute Gasteiger partial charge is 0.356 e. The van der Waals surface area contributed by atoms with E-state index < -0.39 is 0 Å². The number of hydrogen-bond acceptors (Lipinski definition) is 4. The Hall–Kier alpha value is -1.68. The van der Waals surface area contributed by atoms with E-state index in [-0.39, 0.29) is 0 Å². The van der Waals surface area contributed by atoms with E-state index in [1.54, 1.807) is 0 Å². The molecule has 1 aliphatic rings. The second kappa shape index (κ2) is 3.47. The van der Waals surface area contributed by atoms with Crippen molar-refractivity contribution in [2.75, 3.05) is 24.7 Å². The Morgan fingerprint density at radius 2 is 2.20 bits per heavy atom. The topological polar surface area (TPSA) is 41.0 Å². The lowest BCUT2D eigenvalue weighted by Gasteiger charge is -2.17. The van der Waals surface area contributed by atoms with Crippen LogP contribution < -0.4 is 10.2 Å². The number of hydrogen-bond donors (Lipinski definition) is 1. The van der Waals surface area contributed by atoms with Gasteiger partial charge < -0.3 is 4.90 Å². The number of aromatic nitrogens is 2. The van der Waals surface area contributed by atoms with Crippen LogP contribution in [0.3, 0.4) is 0 Å². The normalized spacial score (nSPS) is 16.1. The maximum absolute atomic E-state index is 4.12. The zero-order valence-electron chi connectivity index (χ0n) is 8.35. The Balaban J connectivity index is 2.16. The summed E-state index contributed by atoms with van der Waals surface area (Å²) in [6.45, 7) is 2.97.